The Morgan fingerprint density at radius 2 is 1.00 bits per heavy atom. The van der Waals surface area contributed by atoms with Crippen molar-refractivity contribution in [1.82, 2.24) is 19.0 Å². The first-order valence-electron chi connectivity index (χ1n) is 14.9. The van der Waals surface area contributed by atoms with Gasteiger partial charge in [-0.15, -0.1) is 9.03 Å². The Kier molecular flexibility index (Phi) is 2.97. The van der Waals surface area contributed by atoms with Gasteiger partial charge >= 0.3 is 5.66 Å². The average molecular weight is 563 g/mol. The maximum Gasteiger partial charge on any atom is 0.470 e. The molecular weight excluding hydrogens is 544 g/mol. The summed E-state index contributed by atoms with van der Waals surface area (Å²) in [7, 11) is 0. The van der Waals surface area contributed by atoms with Crippen LogP contribution in [-0.2, 0) is 5.66 Å². The molecule has 0 fully saturated rings. The molecule has 0 saturated heterocycles. The topological polar surface area (TPSA) is 51.6 Å². The molecule has 0 saturated carbocycles. The fourth-order valence-corrected chi connectivity index (χ4v) is 9.14. The normalized spacial score (nSPS) is 17.4. The van der Waals surface area contributed by atoms with E-state index in [2.05, 4.69) is 115 Å². The average Bonchev–Trinajstić information content (AvgIpc) is 3.79. The Bertz CT molecular complexity index is 2890. The second-order valence-corrected chi connectivity index (χ2v) is 12.2. The molecule has 1 unspecified atom stereocenters. The van der Waals surface area contributed by atoms with Gasteiger partial charge in [0.15, 0.2) is 11.1 Å². The monoisotopic (exact) mass is 562 g/mol. The molecule has 1 spiro atoms. The summed E-state index contributed by atoms with van der Waals surface area (Å²) in [5.74, 6) is 1.76. The highest BCUT2D eigenvalue weighted by Crippen LogP contribution is 2.57. The first-order chi connectivity index (χ1) is 21.9. The number of hydrogen-bond donors (Lipinski definition) is 0. The number of benzene rings is 5. The first-order valence-corrected chi connectivity index (χ1v) is 14.9. The molecule has 3 aliphatic heterocycles. The minimum atomic E-state index is -0.751. The Hall–Kier alpha value is -6.08. The molecular formula is C37H18N6O+2. The molecule has 3 aliphatic rings. The number of para-hydroxylation sites is 2. The van der Waals surface area contributed by atoms with Crippen LogP contribution >= 0.6 is 0 Å². The summed E-state index contributed by atoms with van der Waals surface area (Å²) < 4.78 is 16.9. The predicted molar refractivity (Wildman–Crippen MR) is 167 cm³/mol. The van der Waals surface area contributed by atoms with Crippen LogP contribution in [0.2, 0.25) is 0 Å². The third kappa shape index (κ3) is 1.80. The molecule has 7 nitrogen and oxygen atoms in total. The van der Waals surface area contributed by atoms with E-state index in [1.807, 2.05) is 0 Å². The van der Waals surface area contributed by atoms with E-state index in [0.29, 0.717) is 0 Å². The third-order valence-electron chi connectivity index (χ3n) is 10.5. The summed E-state index contributed by atoms with van der Waals surface area (Å²) in [5, 5.41) is 7.18. The molecule has 44 heavy (non-hydrogen) atoms. The minimum absolute atomic E-state index is 0.751. The van der Waals surface area contributed by atoms with E-state index in [1.165, 1.54) is 43.7 Å². The zero-order chi connectivity index (χ0) is 28.1. The zero-order valence-electron chi connectivity index (χ0n) is 23.0. The predicted octanol–water partition coefficient (Wildman–Crippen LogP) is 6.51. The number of pyridine rings is 2. The van der Waals surface area contributed by atoms with Crippen LogP contribution in [0.3, 0.4) is 0 Å². The number of nitrogens with zero attached hydrogens (tertiary/aromatic N) is 6. The smallest absolute Gasteiger partial charge is 0.455 e. The van der Waals surface area contributed by atoms with Crippen molar-refractivity contribution >= 4 is 76.5 Å². The number of ether oxygens (including phenoxy) is 1. The van der Waals surface area contributed by atoms with Gasteiger partial charge in [-0.05, 0) is 51.1 Å². The maximum atomic E-state index is 6.90. The Labute approximate surface area is 247 Å². The fourth-order valence-electron chi connectivity index (χ4n) is 9.14. The van der Waals surface area contributed by atoms with Gasteiger partial charge in [0.2, 0.25) is 11.0 Å². The van der Waals surface area contributed by atoms with Crippen LogP contribution in [0.4, 0.5) is 0 Å². The van der Waals surface area contributed by atoms with Crippen LogP contribution in [0.1, 0.15) is 11.1 Å². The highest BCUT2D eigenvalue weighted by Gasteiger charge is 2.73. The second-order valence-electron chi connectivity index (χ2n) is 12.2. The molecule has 7 heteroatoms. The van der Waals surface area contributed by atoms with Gasteiger partial charge in [0.05, 0.1) is 10.8 Å². The lowest BCUT2D eigenvalue weighted by Crippen LogP contribution is -2.74. The SMILES string of the molecule is c1ccc2c(c1)c1ccc3c4c1n1c2c2ccccc2[n+]1C41c2c(ccc4c5nccnc5c5c6ccccc6[n+]1n5c24)O3. The number of rotatable bonds is 0. The molecule has 0 bridgehead atoms. The lowest BCUT2D eigenvalue weighted by atomic mass is 9.85. The molecule has 5 aromatic heterocycles. The molecule has 200 valence electrons. The Morgan fingerprint density at radius 3 is 1.73 bits per heavy atom. The van der Waals surface area contributed by atoms with E-state index >= 15 is 0 Å². The lowest BCUT2D eigenvalue weighted by Gasteiger charge is -2.23. The van der Waals surface area contributed by atoms with E-state index in [9.17, 15) is 0 Å². The summed E-state index contributed by atoms with van der Waals surface area (Å²) in [6.45, 7) is 0. The highest BCUT2D eigenvalue weighted by atomic mass is 16.5. The van der Waals surface area contributed by atoms with Crippen LogP contribution in [0.15, 0.2) is 109 Å². The van der Waals surface area contributed by atoms with Crippen molar-refractivity contribution in [2.75, 3.05) is 0 Å². The van der Waals surface area contributed by atoms with Crippen LogP contribution < -0.4 is 14.1 Å². The van der Waals surface area contributed by atoms with Crippen LogP contribution in [0.25, 0.3) is 76.5 Å². The number of hydrogen-bond acceptors (Lipinski definition) is 3. The van der Waals surface area contributed by atoms with E-state index in [0.717, 1.165) is 55.4 Å². The van der Waals surface area contributed by atoms with Gasteiger partial charge in [0, 0.05) is 40.7 Å². The van der Waals surface area contributed by atoms with Crippen molar-refractivity contribution in [1.29, 1.82) is 0 Å². The molecule has 0 aliphatic carbocycles. The van der Waals surface area contributed by atoms with Gasteiger partial charge in [-0.3, -0.25) is 9.97 Å². The quantitative estimate of drug-likeness (QED) is 0.157. The van der Waals surface area contributed by atoms with Gasteiger partial charge in [-0.25, -0.2) is 0 Å². The van der Waals surface area contributed by atoms with Crippen LogP contribution in [0.5, 0.6) is 11.5 Å². The number of fused-ring (bicyclic) bond motifs is 12. The van der Waals surface area contributed by atoms with Crippen molar-refractivity contribution in [3.63, 3.8) is 0 Å². The zero-order valence-corrected chi connectivity index (χ0v) is 23.0. The summed E-state index contributed by atoms with van der Waals surface area (Å²) >= 11 is 0. The standard InChI is InChI=1S/C37H18N6O/c1-2-8-20-19(7-1)21-13-15-27-29-34(21)40-33(20)22-9-3-5-11-25(22)42(40)37(29)30-28(44-27)16-14-24-31-32(39-18-17-38-31)36-23-10-4-6-12-26(23)43(37)41(36)35(24)30/h1-18H/q+2. The van der Waals surface area contributed by atoms with Crippen LogP contribution in [-0.4, -0.2) is 19.0 Å². The molecule has 0 radical (unpaired) electrons. The summed E-state index contributed by atoms with van der Waals surface area (Å²) in [5.41, 5.74) is 10.3. The van der Waals surface area contributed by atoms with Crippen molar-refractivity contribution < 1.29 is 14.1 Å². The number of aromatic nitrogens is 6. The maximum absolute atomic E-state index is 6.90. The first kappa shape index (κ1) is 20.7. The van der Waals surface area contributed by atoms with Gasteiger partial charge in [-0.1, -0.05) is 48.5 Å². The van der Waals surface area contributed by atoms with Gasteiger partial charge in [0.1, 0.15) is 44.6 Å². The molecule has 0 amide bonds. The Morgan fingerprint density at radius 1 is 0.477 bits per heavy atom. The van der Waals surface area contributed by atoms with Gasteiger partial charge < -0.3 is 4.74 Å². The minimum Gasteiger partial charge on any atom is -0.455 e. The van der Waals surface area contributed by atoms with E-state index < -0.39 is 5.66 Å². The van der Waals surface area contributed by atoms with E-state index in [4.69, 9.17) is 14.7 Å². The highest BCUT2D eigenvalue weighted by molar-refractivity contribution is 6.20. The summed E-state index contributed by atoms with van der Waals surface area (Å²) in [6, 6.07) is 35.1. The molecule has 5 aromatic carbocycles. The molecule has 13 rings (SSSR count). The van der Waals surface area contributed by atoms with E-state index in [1.54, 1.807) is 12.4 Å². The van der Waals surface area contributed by atoms with Crippen molar-refractivity contribution in [3.05, 3.63) is 121 Å². The second kappa shape index (κ2) is 6.31. The largest absolute Gasteiger partial charge is 0.470 e. The fraction of sp³-hybridized carbons (Fsp3) is 0.0270. The van der Waals surface area contributed by atoms with Crippen LogP contribution in [0, 0.1) is 0 Å². The van der Waals surface area contributed by atoms with Crippen molar-refractivity contribution in [2.45, 2.75) is 5.66 Å². The summed E-state index contributed by atoms with van der Waals surface area (Å²) in [4.78, 5) is 9.88. The van der Waals surface area contributed by atoms with Gasteiger partial charge in [-0.2, -0.15) is 0 Å². The third-order valence-corrected chi connectivity index (χ3v) is 10.5. The van der Waals surface area contributed by atoms with E-state index in [-0.39, 0.29) is 0 Å². The lowest BCUT2D eigenvalue weighted by molar-refractivity contribution is -0.992. The molecule has 8 heterocycles. The molecule has 0 N–H and O–H groups in total. The summed E-state index contributed by atoms with van der Waals surface area (Å²) in [6.07, 6.45) is 3.61. The molecule has 10 aromatic rings. The van der Waals surface area contributed by atoms with Crippen molar-refractivity contribution in [3.8, 4) is 11.5 Å². The Balaban J connectivity index is 1.45. The molecule has 1 atom stereocenters. The van der Waals surface area contributed by atoms with Crippen molar-refractivity contribution in [2.24, 2.45) is 0 Å². The van der Waals surface area contributed by atoms with Gasteiger partial charge in [0.25, 0.3) is 0 Å².